The van der Waals surface area contributed by atoms with E-state index in [2.05, 4.69) is 6.92 Å². The zero-order valence-electron chi connectivity index (χ0n) is 27.3. The minimum Gasteiger partial charge on any atom is -0.458 e. The number of ketones is 1. The number of carbonyl (C=O) groups is 3. The van der Waals surface area contributed by atoms with Crippen LogP contribution >= 0.6 is 0 Å². The number of aliphatic hydroxyl groups excluding tert-OH is 1. The molecule has 0 aromatic carbocycles. The molecule has 3 N–H and O–H groups in total. The fourth-order valence-corrected chi connectivity index (χ4v) is 8.68. The van der Waals surface area contributed by atoms with Gasteiger partial charge in [-0.05, 0) is 30.9 Å². The zero-order chi connectivity index (χ0) is 32.0. The number of hydrogen-bond donors (Lipinski definition) is 3. The summed E-state index contributed by atoms with van der Waals surface area (Å²) < 4.78 is 12.7. The molecule has 4 aliphatic rings. The molecule has 0 saturated heterocycles. The molecule has 0 aliphatic heterocycles. The molecular weight excluding hydrogens is 548 g/mol. The van der Waals surface area contributed by atoms with Crippen molar-refractivity contribution in [2.75, 3.05) is 6.61 Å². The van der Waals surface area contributed by atoms with E-state index in [1.165, 1.54) is 19.3 Å². The number of hydrogen-bond acceptors (Lipinski definition) is 8. The summed E-state index contributed by atoms with van der Waals surface area (Å²) in [4.78, 5) is 40.1. The molecule has 0 aromatic heterocycles. The Kier molecular flexibility index (Phi) is 9.76. The maximum Gasteiger partial charge on any atom is 0.309 e. The maximum absolute atomic E-state index is 13.4. The summed E-state index contributed by atoms with van der Waals surface area (Å²) in [6.07, 6.45) is 10.5. The van der Waals surface area contributed by atoms with E-state index in [1.807, 2.05) is 20.8 Å². The van der Waals surface area contributed by atoms with E-state index in [-0.39, 0.29) is 31.3 Å². The van der Waals surface area contributed by atoms with Gasteiger partial charge in [-0.2, -0.15) is 0 Å². The number of Topliss-reactive ketones (excluding diaryl/α,β-unsaturated/α-hetero) is 1. The van der Waals surface area contributed by atoms with Crippen LogP contribution in [0.15, 0.2) is 23.3 Å². The average molecular weight is 603 g/mol. The quantitative estimate of drug-likeness (QED) is 0.149. The van der Waals surface area contributed by atoms with E-state index in [9.17, 15) is 29.7 Å². The first-order valence-electron chi connectivity index (χ1n) is 16.6. The Morgan fingerprint density at radius 1 is 1.05 bits per heavy atom. The Morgan fingerprint density at radius 2 is 1.67 bits per heavy atom. The van der Waals surface area contributed by atoms with Crippen molar-refractivity contribution >= 4 is 17.7 Å². The lowest BCUT2D eigenvalue weighted by atomic mass is 9.59. The SMILES string of the molecule is CCCCCCCCCC(=O)O[C@@H]1[C@@H](C)[C@@]2(O)[C@@H](C=C(CO)C[C@]3(O)C(=O)C(C)=C[C@@H]23)[C@@H]2C(C)(C)[C@]12OC(=O)C(C)CC. The molecule has 242 valence electrons. The maximum atomic E-state index is 13.4. The molecular formula is C35H54O8. The predicted molar refractivity (Wildman–Crippen MR) is 163 cm³/mol. The molecule has 0 amide bonds. The fourth-order valence-electron chi connectivity index (χ4n) is 8.68. The van der Waals surface area contributed by atoms with Crippen LogP contribution in [0.25, 0.3) is 0 Å². The van der Waals surface area contributed by atoms with Gasteiger partial charge in [-0.3, -0.25) is 14.4 Å². The van der Waals surface area contributed by atoms with Gasteiger partial charge in [-0.15, -0.1) is 0 Å². The van der Waals surface area contributed by atoms with Crippen LogP contribution in [0.1, 0.15) is 113 Å². The summed E-state index contributed by atoms with van der Waals surface area (Å²) in [6, 6.07) is 0. The Hall–Kier alpha value is -2.03. The van der Waals surface area contributed by atoms with Crippen LogP contribution in [0.3, 0.4) is 0 Å². The van der Waals surface area contributed by atoms with Crippen molar-refractivity contribution in [1.29, 1.82) is 0 Å². The van der Waals surface area contributed by atoms with Crippen LogP contribution in [0.2, 0.25) is 0 Å². The molecule has 0 radical (unpaired) electrons. The summed E-state index contributed by atoms with van der Waals surface area (Å²) in [7, 11) is 0. The highest BCUT2D eigenvalue weighted by Gasteiger charge is 2.88. The van der Waals surface area contributed by atoms with Gasteiger partial charge in [0.2, 0.25) is 0 Å². The Balaban J connectivity index is 1.72. The number of esters is 2. The van der Waals surface area contributed by atoms with Gasteiger partial charge >= 0.3 is 11.9 Å². The molecule has 8 heteroatoms. The minimum atomic E-state index is -1.94. The third-order valence-corrected chi connectivity index (χ3v) is 11.5. The molecule has 2 saturated carbocycles. The topological polar surface area (TPSA) is 130 Å². The van der Waals surface area contributed by atoms with Crippen LogP contribution in [-0.4, -0.2) is 62.6 Å². The lowest BCUT2D eigenvalue weighted by molar-refractivity contribution is -0.230. The summed E-state index contributed by atoms with van der Waals surface area (Å²) in [5.41, 5.74) is -4.75. The van der Waals surface area contributed by atoms with Crippen LogP contribution in [-0.2, 0) is 23.9 Å². The average Bonchev–Trinajstić information content (AvgIpc) is 3.39. The molecule has 8 nitrogen and oxygen atoms in total. The summed E-state index contributed by atoms with van der Waals surface area (Å²) in [5, 5.41) is 35.0. The standard InChI is InChI=1S/C35H54O8/c1-8-10-11-12-13-14-15-16-27(37)42-30-23(5)34(41)25(28-32(6,7)35(28,30)43-31(39)21(3)9-2)18-24(20-36)19-33(40)26(34)17-22(4)29(33)38/h17-18,21,23,25-26,28,30,36,40-41H,8-16,19-20H2,1-7H3/t21?,23-,25+,26-,28-,30-,33-,34-,35-/m1/s1. The van der Waals surface area contributed by atoms with E-state index in [0.29, 0.717) is 24.0 Å². The van der Waals surface area contributed by atoms with E-state index in [0.717, 1.165) is 19.3 Å². The molecule has 9 atom stereocenters. The predicted octanol–water partition coefficient (Wildman–Crippen LogP) is 5.22. The summed E-state index contributed by atoms with van der Waals surface area (Å²) in [6.45, 7) is 12.8. The Morgan fingerprint density at radius 3 is 2.28 bits per heavy atom. The molecule has 43 heavy (non-hydrogen) atoms. The fraction of sp³-hybridized carbons (Fsp3) is 0.800. The zero-order valence-corrected chi connectivity index (χ0v) is 27.3. The summed E-state index contributed by atoms with van der Waals surface area (Å²) in [5.74, 6) is -4.57. The van der Waals surface area contributed by atoms with Crippen LogP contribution < -0.4 is 0 Å². The second kappa shape index (κ2) is 12.4. The molecule has 0 heterocycles. The first-order valence-corrected chi connectivity index (χ1v) is 16.6. The van der Waals surface area contributed by atoms with Crippen LogP contribution in [0.5, 0.6) is 0 Å². The van der Waals surface area contributed by atoms with Crippen LogP contribution in [0, 0.1) is 35.0 Å². The Bertz CT molecular complexity index is 1150. The molecule has 0 aromatic rings. The highest BCUT2D eigenvalue weighted by molar-refractivity contribution is 6.04. The van der Waals surface area contributed by atoms with Crippen LogP contribution in [0.4, 0.5) is 0 Å². The van der Waals surface area contributed by atoms with E-state index in [4.69, 9.17) is 9.47 Å². The summed E-state index contributed by atoms with van der Waals surface area (Å²) >= 11 is 0. The highest BCUT2D eigenvalue weighted by atomic mass is 16.6. The third-order valence-electron chi connectivity index (χ3n) is 11.5. The van der Waals surface area contributed by atoms with Gasteiger partial charge in [0.05, 0.1) is 18.1 Å². The van der Waals surface area contributed by atoms with Crippen molar-refractivity contribution in [1.82, 2.24) is 0 Å². The number of carbonyl (C=O) groups excluding carboxylic acids is 3. The molecule has 0 spiro atoms. The van der Waals surface area contributed by atoms with Gasteiger partial charge in [0.15, 0.2) is 11.4 Å². The van der Waals surface area contributed by atoms with Gasteiger partial charge in [-0.25, -0.2) is 0 Å². The number of aliphatic hydroxyl groups is 3. The number of unbranched alkanes of at least 4 members (excludes halogenated alkanes) is 6. The van der Waals surface area contributed by atoms with E-state index in [1.54, 1.807) is 32.9 Å². The Labute approximate surface area is 257 Å². The number of fused-ring (bicyclic) bond motifs is 5. The molecule has 1 unspecified atom stereocenters. The largest absolute Gasteiger partial charge is 0.458 e. The van der Waals surface area contributed by atoms with Crippen molar-refractivity contribution < 1.29 is 39.2 Å². The molecule has 4 rings (SSSR count). The van der Waals surface area contributed by atoms with E-state index >= 15 is 0 Å². The van der Waals surface area contributed by atoms with Gasteiger partial charge < -0.3 is 24.8 Å². The lowest BCUT2D eigenvalue weighted by Crippen LogP contribution is -2.66. The van der Waals surface area contributed by atoms with E-state index < -0.39 is 63.7 Å². The first-order chi connectivity index (χ1) is 20.2. The monoisotopic (exact) mass is 602 g/mol. The first kappa shape index (κ1) is 33.9. The number of rotatable bonds is 13. The molecule has 4 aliphatic carbocycles. The van der Waals surface area contributed by atoms with Gasteiger partial charge in [0.1, 0.15) is 11.7 Å². The van der Waals surface area contributed by atoms with Crippen molar-refractivity contribution in [3.8, 4) is 0 Å². The van der Waals surface area contributed by atoms with Crippen molar-refractivity contribution in [2.45, 2.75) is 136 Å². The van der Waals surface area contributed by atoms with Crippen molar-refractivity contribution in [2.24, 2.45) is 35.0 Å². The van der Waals surface area contributed by atoms with Crippen molar-refractivity contribution in [3.63, 3.8) is 0 Å². The second-order valence-electron chi connectivity index (χ2n) is 14.4. The third kappa shape index (κ3) is 5.33. The molecule has 0 bridgehead atoms. The van der Waals surface area contributed by atoms with Crippen molar-refractivity contribution in [3.05, 3.63) is 23.3 Å². The smallest absolute Gasteiger partial charge is 0.309 e. The normalized spacial score (nSPS) is 38.1. The van der Waals surface area contributed by atoms with Gasteiger partial charge in [0, 0.05) is 41.9 Å². The van der Waals surface area contributed by atoms with Gasteiger partial charge in [-0.1, -0.05) is 92.2 Å². The lowest BCUT2D eigenvalue weighted by Gasteiger charge is -2.53. The number of ether oxygens (including phenoxy) is 2. The molecule has 2 fully saturated rings. The van der Waals surface area contributed by atoms with Gasteiger partial charge in [0.25, 0.3) is 0 Å². The highest BCUT2D eigenvalue weighted by Crippen LogP contribution is 2.77. The second-order valence-corrected chi connectivity index (χ2v) is 14.4. The minimum absolute atomic E-state index is 0.109.